The van der Waals surface area contributed by atoms with Gasteiger partial charge in [-0.25, -0.2) is 0 Å². The summed E-state index contributed by atoms with van der Waals surface area (Å²) < 4.78 is 6.28. The van der Waals surface area contributed by atoms with Crippen molar-refractivity contribution in [2.45, 2.75) is 31.9 Å². The molecule has 1 aliphatic rings. The molecule has 0 spiro atoms. The molecule has 1 aliphatic heterocycles. The average molecular weight is 330 g/mol. The molecule has 2 nitrogen and oxygen atoms in total. The lowest BCUT2D eigenvalue weighted by atomic mass is 10.0. The summed E-state index contributed by atoms with van der Waals surface area (Å²) in [6.45, 7) is 5.24. The van der Waals surface area contributed by atoms with Crippen LogP contribution in [0.2, 0.25) is 5.02 Å². The van der Waals surface area contributed by atoms with Crippen molar-refractivity contribution in [2.75, 3.05) is 19.7 Å². The molecule has 3 heteroatoms. The van der Waals surface area contributed by atoms with E-state index in [1.807, 2.05) is 18.2 Å². The highest BCUT2D eigenvalue weighted by Crippen LogP contribution is 2.27. The first-order valence-corrected chi connectivity index (χ1v) is 8.78. The van der Waals surface area contributed by atoms with Crippen LogP contribution in [0.25, 0.3) is 0 Å². The molecule has 0 aromatic heterocycles. The SMILES string of the molecule is C[C@H]1CCCN1CCO[C@@H](c1ccccc1)c1ccc(Cl)cc1. The maximum Gasteiger partial charge on any atom is 0.108 e. The van der Waals surface area contributed by atoms with E-state index in [9.17, 15) is 0 Å². The number of halogens is 1. The zero-order chi connectivity index (χ0) is 16.1. The number of benzene rings is 2. The third-order valence-electron chi connectivity index (χ3n) is 4.63. The maximum atomic E-state index is 6.28. The van der Waals surface area contributed by atoms with Crippen LogP contribution in [-0.2, 0) is 4.74 Å². The van der Waals surface area contributed by atoms with E-state index in [2.05, 4.69) is 48.2 Å². The highest BCUT2D eigenvalue weighted by Gasteiger charge is 2.21. The molecule has 0 amide bonds. The molecule has 0 unspecified atom stereocenters. The minimum atomic E-state index is -0.0358. The molecule has 0 N–H and O–H groups in total. The maximum absolute atomic E-state index is 6.28. The first-order valence-electron chi connectivity index (χ1n) is 8.40. The Labute approximate surface area is 144 Å². The Bertz CT molecular complexity index is 599. The Morgan fingerprint density at radius 2 is 1.78 bits per heavy atom. The molecule has 1 heterocycles. The van der Waals surface area contributed by atoms with Gasteiger partial charge in [-0.3, -0.25) is 4.90 Å². The molecule has 0 aliphatic carbocycles. The third kappa shape index (κ3) is 4.35. The fourth-order valence-corrected chi connectivity index (χ4v) is 3.39. The van der Waals surface area contributed by atoms with Gasteiger partial charge >= 0.3 is 0 Å². The number of nitrogens with zero attached hydrogens (tertiary/aromatic N) is 1. The number of rotatable bonds is 6. The fraction of sp³-hybridized carbons (Fsp3) is 0.400. The van der Waals surface area contributed by atoms with Crippen LogP contribution in [-0.4, -0.2) is 30.6 Å². The molecule has 3 rings (SSSR count). The predicted molar refractivity (Wildman–Crippen MR) is 96.0 cm³/mol. The van der Waals surface area contributed by atoms with Gasteiger partial charge in [0.15, 0.2) is 0 Å². The fourth-order valence-electron chi connectivity index (χ4n) is 3.26. The van der Waals surface area contributed by atoms with Crippen LogP contribution in [0.4, 0.5) is 0 Å². The van der Waals surface area contributed by atoms with Gasteiger partial charge in [-0.15, -0.1) is 0 Å². The molecular weight excluding hydrogens is 306 g/mol. The molecule has 23 heavy (non-hydrogen) atoms. The summed E-state index contributed by atoms with van der Waals surface area (Å²) in [7, 11) is 0. The van der Waals surface area contributed by atoms with Gasteiger partial charge in [-0.2, -0.15) is 0 Å². The van der Waals surface area contributed by atoms with Crippen LogP contribution in [0.1, 0.15) is 37.0 Å². The summed E-state index contributed by atoms with van der Waals surface area (Å²) in [5, 5.41) is 0.756. The normalized spacial score (nSPS) is 19.8. The first-order chi connectivity index (χ1) is 11.2. The molecule has 0 bridgehead atoms. The van der Waals surface area contributed by atoms with Gasteiger partial charge in [0.1, 0.15) is 6.10 Å². The Balaban J connectivity index is 1.69. The van der Waals surface area contributed by atoms with Crippen LogP contribution in [0, 0.1) is 0 Å². The zero-order valence-electron chi connectivity index (χ0n) is 13.6. The van der Waals surface area contributed by atoms with Crippen LogP contribution in [0.15, 0.2) is 54.6 Å². The second-order valence-electron chi connectivity index (χ2n) is 6.24. The van der Waals surface area contributed by atoms with E-state index in [1.54, 1.807) is 0 Å². The van der Waals surface area contributed by atoms with Crippen molar-refractivity contribution in [3.8, 4) is 0 Å². The van der Waals surface area contributed by atoms with Gasteiger partial charge in [0.25, 0.3) is 0 Å². The van der Waals surface area contributed by atoms with Crippen molar-refractivity contribution in [1.29, 1.82) is 0 Å². The van der Waals surface area contributed by atoms with E-state index in [-0.39, 0.29) is 6.10 Å². The third-order valence-corrected chi connectivity index (χ3v) is 4.88. The lowest BCUT2D eigenvalue weighted by Crippen LogP contribution is -2.30. The number of hydrogen-bond donors (Lipinski definition) is 0. The van der Waals surface area contributed by atoms with Crippen LogP contribution in [0.3, 0.4) is 0 Å². The second kappa shape index (κ2) is 7.96. The molecule has 2 aromatic carbocycles. The summed E-state index contributed by atoms with van der Waals surface area (Å²) in [5.74, 6) is 0. The monoisotopic (exact) mass is 329 g/mol. The molecule has 0 saturated carbocycles. The van der Waals surface area contributed by atoms with Crippen molar-refractivity contribution in [2.24, 2.45) is 0 Å². The first kappa shape index (κ1) is 16.5. The highest BCUT2D eigenvalue weighted by molar-refractivity contribution is 6.30. The number of hydrogen-bond acceptors (Lipinski definition) is 2. The van der Waals surface area contributed by atoms with E-state index < -0.39 is 0 Å². The summed E-state index contributed by atoms with van der Waals surface area (Å²) in [6.07, 6.45) is 2.58. The summed E-state index contributed by atoms with van der Waals surface area (Å²) >= 11 is 6.02. The largest absolute Gasteiger partial charge is 0.367 e. The van der Waals surface area contributed by atoms with Gasteiger partial charge in [-0.05, 0) is 49.6 Å². The van der Waals surface area contributed by atoms with Crippen molar-refractivity contribution in [3.05, 3.63) is 70.7 Å². The molecule has 2 aromatic rings. The molecule has 1 fully saturated rings. The molecule has 0 radical (unpaired) electrons. The van der Waals surface area contributed by atoms with E-state index in [4.69, 9.17) is 16.3 Å². The Morgan fingerprint density at radius 1 is 1.09 bits per heavy atom. The molecule has 2 atom stereocenters. The summed E-state index contributed by atoms with van der Waals surface area (Å²) in [5.41, 5.74) is 2.33. The van der Waals surface area contributed by atoms with Gasteiger partial charge in [0.05, 0.1) is 6.61 Å². The molecular formula is C20H24ClNO. The lowest BCUT2D eigenvalue weighted by molar-refractivity contribution is 0.0585. The van der Waals surface area contributed by atoms with Crippen molar-refractivity contribution >= 4 is 11.6 Å². The number of ether oxygens (including phenoxy) is 1. The minimum Gasteiger partial charge on any atom is -0.367 e. The second-order valence-corrected chi connectivity index (χ2v) is 6.68. The predicted octanol–water partition coefficient (Wildman–Crippen LogP) is 4.93. The van der Waals surface area contributed by atoms with Crippen LogP contribution >= 0.6 is 11.6 Å². The highest BCUT2D eigenvalue weighted by atomic mass is 35.5. The number of likely N-dealkylation sites (tertiary alicyclic amines) is 1. The van der Waals surface area contributed by atoms with Crippen molar-refractivity contribution in [3.63, 3.8) is 0 Å². The van der Waals surface area contributed by atoms with Crippen molar-refractivity contribution < 1.29 is 4.74 Å². The Morgan fingerprint density at radius 3 is 2.43 bits per heavy atom. The minimum absolute atomic E-state index is 0.0358. The smallest absolute Gasteiger partial charge is 0.108 e. The van der Waals surface area contributed by atoms with E-state index in [0.29, 0.717) is 6.04 Å². The van der Waals surface area contributed by atoms with E-state index in [1.165, 1.54) is 24.9 Å². The van der Waals surface area contributed by atoms with Gasteiger partial charge in [0, 0.05) is 17.6 Å². The van der Waals surface area contributed by atoms with Gasteiger partial charge in [0.2, 0.25) is 0 Å². The zero-order valence-corrected chi connectivity index (χ0v) is 14.4. The van der Waals surface area contributed by atoms with E-state index >= 15 is 0 Å². The van der Waals surface area contributed by atoms with Crippen molar-refractivity contribution in [1.82, 2.24) is 4.90 Å². The van der Waals surface area contributed by atoms with Gasteiger partial charge < -0.3 is 4.74 Å². The molecule has 1 saturated heterocycles. The average Bonchev–Trinajstić information content (AvgIpc) is 2.99. The Kier molecular flexibility index (Phi) is 5.71. The lowest BCUT2D eigenvalue weighted by Gasteiger charge is -2.24. The summed E-state index contributed by atoms with van der Waals surface area (Å²) in [4.78, 5) is 2.52. The van der Waals surface area contributed by atoms with Gasteiger partial charge in [-0.1, -0.05) is 54.1 Å². The van der Waals surface area contributed by atoms with Crippen LogP contribution in [0.5, 0.6) is 0 Å². The molecule has 122 valence electrons. The Hall–Kier alpha value is -1.35. The van der Waals surface area contributed by atoms with E-state index in [0.717, 1.165) is 23.7 Å². The topological polar surface area (TPSA) is 12.5 Å². The standard InChI is InChI=1S/C20H24ClNO/c1-16-6-5-13-22(16)14-15-23-20(17-7-3-2-4-8-17)18-9-11-19(21)12-10-18/h2-4,7-12,16,20H,5-6,13-15H2,1H3/t16-,20-/m0/s1. The summed E-state index contributed by atoms with van der Waals surface area (Å²) in [6, 6.07) is 19.1. The quantitative estimate of drug-likeness (QED) is 0.745. The van der Waals surface area contributed by atoms with Crippen LogP contribution < -0.4 is 0 Å².